The van der Waals surface area contributed by atoms with Crippen LogP contribution in [0.4, 0.5) is 8.78 Å². The number of aromatic nitrogens is 3. The second-order valence-corrected chi connectivity index (χ2v) is 7.27. The highest BCUT2D eigenvalue weighted by Gasteiger charge is 2.51. The minimum absolute atomic E-state index is 0.0614. The Morgan fingerprint density at radius 2 is 2.03 bits per heavy atom. The zero-order valence-electron chi connectivity index (χ0n) is 15.4. The zero-order chi connectivity index (χ0) is 20.6. The number of hydrogen-bond donors (Lipinski definition) is 0. The predicted molar refractivity (Wildman–Crippen MR) is 101 cm³/mol. The molecule has 0 saturated carbocycles. The SMILES string of the molecule is CC1N(C(=O)c2ccc(Cl)cc2)COC1(Cn1cncn1)c1ccc(F)cc1F. The van der Waals surface area contributed by atoms with Crippen LogP contribution in [0.5, 0.6) is 0 Å². The highest BCUT2D eigenvalue weighted by molar-refractivity contribution is 6.30. The normalized spacial score (nSPS) is 21.5. The minimum atomic E-state index is -1.27. The number of halogens is 3. The number of nitrogens with zero attached hydrogens (tertiary/aromatic N) is 4. The van der Waals surface area contributed by atoms with Crippen molar-refractivity contribution in [1.82, 2.24) is 19.7 Å². The average Bonchev–Trinajstić information content (AvgIpc) is 3.31. The quantitative estimate of drug-likeness (QED) is 0.649. The number of hydrogen-bond acceptors (Lipinski definition) is 4. The Labute approximate surface area is 170 Å². The molecule has 0 spiro atoms. The topological polar surface area (TPSA) is 60.2 Å². The molecule has 0 bridgehead atoms. The molecule has 1 aliphatic heterocycles. The summed E-state index contributed by atoms with van der Waals surface area (Å²) in [5, 5.41) is 4.60. The Balaban J connectivity index is 1.73. The van der Waals surface area contributed by atoms with E-state index in [-0.39, 0.29) is 24.7 Å². The van der Waals surface area contributed by atoms with Crippen molar-refractivity contribution in [2.75, 3.05) is 6.73 Å². The standard InChI is InChI=1S/C20H17ClF2N4O2/c1-13-20(9-26-11-24-10-25-26,17-7-6-16(22)8-18(17)23)29-12-27(13)19(28)14-2-4-15(21)5-3-14/h2-8,10-11,13H,9,12H2,1H3. The van der Waals surface area contributed by atoms with Crippen LogP contribution in [0, 0.1) is 11.6 Å². The van der Waals surface area contributed by atoms with E-state index in [2.05, 4.69) is 10.1 Å². The molecule has 9 heteroatoms. The van der Waals surface area contributed by atoms with Crippen molar-refractivity contribution in [3.05, 3.63) is 82.9 Å². The van der Waals surface area contributed by atoms with E-state index in [1.807, 2.05) is 0 Å². The molecule has 0 N–H and O–H groups in total. The maximum atomic E-state index is 14.8. The Hall–Kier alpha value is -2.84. The fourth-order valence-electron chi connectivity index (χ4n) is 3.62. The zero-order valence-corrected chi connectivity index (χ0v) is 16.2. The molecule has 4 rings (SSSR count). The van der Waals surface area contributed by atoms with Gasteiger partial charge in [-0.05, 0) is 37.3 Å². The van der Waals surface area contributed by atoms with Gasteiger partial charge in [0.1, 0.15) is 36.6 Å². The fraction of sp³-hybridized carbons (Fsp3) is 0.250. The molecule has 3 aromatic rings. The van der Waals surface area contributed by atoms with Crippen LogP contribution in [0.25, 0.3) is 0 Å². The summed E-state index contributed by atoms with van der Waals surface area (Å²) in [6.07, 6.45) is 2.83. The van der Waals surface area contributed by atoms with Crippen LogP contribution in [0.1, 0.15) is 22.8 Å². The van der Waals surface area contributed by atoms with Crippen molar-refractivity contribution in [1.29, 1.82) is 0 Å². The van der Waals surface area contributed by atoms with E-state index in [4.69, 9.17) is 16.3 Å². The van der Waals surface area contributed by atoms with E-state index in [9.17, 15) is 13.6 Å². The van der Waals surface area contributed by atoms with Crippen LogP contribution in [0.15, 0.2) is 55.1 Å². The first kappa shape index (κ1) is 19.5. The molecule has 1 aromatic heterocycles. The summed E-state index contributed by atoms with van der Waals surface area (Å²) >= 11 is 5.90. The maximum absolute atomic E-state index is 14.8. The van der Waals surface area contributed by atoms with Crippen molar-refractivity contribution in [3.63, 3.8) is 0 Å². The monoisotopic (exact) mass is 418 g/mol. The lowest BCUT2D eigenvalue weighted by Gasteiger charge is -2.34. The van der Waals surface area contributed by atoms with Gasteiger partial charge in [0.15, 0.2) is 0 Å². The number of amides is 1. The molecule has 2 aromatic carbocycles. The lowest BCUT2D eigenvalue weighted by molar-refractivity contribution is -0.0274. The molecule has 2 heterocycles. The van der Waals surface area contributed by atoms with Crippen LogP contribution in [-0.4, -0.2) is 38.3 Å². The average molecular weight is 419 g/mol. The second kappa shape index (κ2) is 7.53. The van der Waals surface area contributed by atoms with E-state index in [1.54, 1.807) is 31.2 Å². The van der Waals surface area contributed by atoms with E-state index in [1.165, 1.54) is 34.4 Å². The molecule has 0 radical (unpaired) electrons. The van der Waals surface area contributed by atoms with Crippen LogP contribution in [-0.2, 0) is 16.9 Å². The Bertz CT molecular complexity index is 1030. The summed E-state index contributed by atoms with van der Waals surface area (Å²) in [5.41, 5.74) is -0.692. The van der Waals surface area contributed by atoms with Crippen molar-refractivity contribution in [2.24, 2.45) is 0 Å². The molecule has 1 saturated heterocycles. The van der Waals surface area contributed by atoms with Gasteiger partial charge in [-0.15, -0.1) is 0 Å². The third-order valence-electron chi connectivity index (χ3n) is 5.21. The van der Waals surface area contributed by atoms with Crippen LogP contribution in [0.2, 0.25) is 5.02 Å². The van der Waals surface area contributed by atoms with Gasteiger partial charge in [0.05, 0.1) is 12.6 Å². The van der Waals surface area contributed by atoms with Gasteiger partial charge < -0.3 is 9.64 Å². The number of carbonyl (C=O) groups is 1. The summed E-state index contributed by atoms with van der Waals surface area (Å²) < 4.78 is 35.8. The van der Waals surface area contributed by atoms with Gasteiger partial charge in [-0.3, -0.25) is 4.79 Å². The lowest BCUT2D eigenvalue weighted by Crippen LogP contribution is -2.46. The predicted octanol–water partition coefficient (Wildman–Crippen LogP) is 3.62. The highest BCUT2D eigenvalue weighted by Crippen LogP contribution is 2.41. The van der Waals surface area contributed by atoms with Gasteiger partial charge in [-0.25, -0.2) is 18.4 Å². The Morgan fingerprint density at radius 1 is 1.28 bits per heavy atom. The van der Waals surface area contributed by atoms with Gasteiger partial charge in [-0.1, -0.05) is 17.7 Å². The van der Waals surface area contributed by atoms with E-state index >= 15 is 0 Å². The smallest absolute Gasteiger partial charge is 0.256 e. The van der Waals surface area contributed by atoms with E-state index in [0.717, 1.165) is 6.07 Å². The number of benzene rings is 2. The van der Waals surface area contributed by atoms with Gasteiger partial charge >= 0.3 is 0 Å². The molecule has 0 aliphatic carbocycles. The van der Waals surface area contributed by atoms with Crippen molar-refractivity contribution >= 4 is 17.5 Å². The van der Waals surface area contributed by atoms with Crippen LogP contribution in [0.3, 0.4) is 0 Å². The van der Waals surface area contributed by atoms with E-state index in [0.29, 0.717) is 10.6 Å². The molecule has 6 nitrogen and oxygen atoms in total. The van der Waals surface area contributed by atoms with Gasteiger partial charge in [0, 0.05) is 22.2 Å². The van der Waals surface area contributed by atoms with Gasteiger partial charge in [0.25, 0.3) is 5.91 Å². The van der Waals surface area contributed by atoms with Crippen molar-refractivity contribution in [3.8, 4) is 0 Å². The Kier molecular flexibility index (Phi) is 5.06. The van der Waals surface area contributed by atoms with Crippen LogP contribution >= 0.6 is 11.6 Å². The number of rotatable bonds is 4. The number of ether oxygens (including phenoxy) is 1. The first-order valence-corrected chi connectivity index (χ1v) is 9.27. The molecule has 2 atom stereocenters. The summed E-state index contributed by atoms with van der Waals surface area (Å²) in [6.45, 7) is 1.80. The molecule has 2 unspecified atom stereocenters. The summed E-state index contributed by atoms with van der Waals surface area (Å²) in [7, 11) is 0. The number of carbonyl (C=O) groups excluding carboxylic acids is 1. The molecule has 29 heavy (non-hydrogen) atoms. The molecule has 1 fully saturated rings. The van der Waals surface area contributed by atoms with Gasteiger partial charge in [0.2, 0.25) is 0 Å². The maximum Gasteiger partial charge on any atom is 0.256 e. The summed E-state index contributed by atoms with van der Waals surface area (Å²) in [5.74, 6) is -1.73. The van der Waals surface area contributed by atoms with Crippen LogP contribution < -0.4 is 0 Å². The first-order chi connectivity index (χ1) is 13.9. The third-order valence-corrected chi connectivity index (χ3v) is 5.46. The third kappa shape index (κ3) is 3.49. The van der Waals surface area contributed by atoms with E-state index < -0.39 is 23.3 Å². The fourth-order valence-corrected chi connectivity index (χ4v) is 3.74. The van der Waals surface area contributed by atoms with Crippen molar-refractivity contribution in [2.45, 2.75) is 25.1 Å². The lowest BCUT2D eigenvalue weighted by atomic mass is 9.86. The first-order valence-electron chi connectivity index (χ1n) is 8.89. The Morgan fingerprint density at radius 3 is 2.69 bits per heavy atom. The minimum Gasteiger partial charge on any atom is -0.346 e. The summed E-state index contributed by atoms with van der Waals surface area (Å²) in [6, 6.07) is 9.22. The molecule has 1 amide bonds. The second-order valence-electron chi connectivity index (χ2n) is 6.84. The molecule has 1 aliphatic rings. The van der Waals surface area contributed by atoms with Gasteiger partial charge in [-0.2, -0.15) is 5.10 Å². The molecular formula is C20H17ClF2N4O2. The largest absolute Gasteiger partial charge is 0.346 e. The highest BCUT2D eigenvalue weighted by atomic mass is 35.5. The summed E-state index contributed by atoms with van der Waals surface area (Å²) in [4.78, 5) is 18.5. The van der Waals surface area contributed by atoms with Crippen molar-refractivity contribution < 1.29 is 18.3 Å². The molecular weight excluding hydrogens is 402 g/mol. The molecule has 150 valence electrons.